The summed E-state index contributed by atoms with van der Waals surface area (Å²) in [5, 5.41) is 17.2. The zero-order valence-electron chi connectivity index (χ0n) is 15.0. The van der Waals surface area contributed by atoms with Gasteiger partial charge in [-0.25, -0.2) is 0 Å². The van der Waals surface area contributed by atoms with E-state index in [-0.39, 0.29) is 23.8 Å². The molecule has 0 spiro atoms. The Bertz CT molecular complexity index is 805. The molecule has 24 heavy (non-hydrogen) atoms. The maximum absolute atomic E-state index is 12.8. The quantitative estimate of drug-likeness (QED) is 0.910. The molecule has 1 aromatic heterocycles. The second-order valence-corrected chi connectivity index (χ2v) is 7.36. The highest BCUT2D eigenvalue weighted by molar-refractivity contribution is 6.06. The first-order valence-electron chi connectivity index (χ1n) is 8.32. The smallest absolute Gasteiger partial charge is 0.259 e. The third kappa shape index (κ3) is 2.53. The lowest BCUT2D eigenvalue weighted by atomic mass is 9.86. The molecule has 1 amide bonds. The predicted octanol–water partition coefficient (Wildman–Crippen LogP) is 3.05. The number of nitrogens with one attached hydrogen (secondary N) is 1. The monoisotopic (exact) mass is 327 g/mol. The molecule has 1 aliphatic carbocycles. The fraction of sp³-hybridized carbons (Fsp3) is 0.474. The summed E-state index contributed by atoms with van der Waals surface area (Å²) in [5.41, 5.74) is 5.26. The third-order valence-electron chi connectivity index (χ3n) is 5.20. The van der Waals surface area contributed by atoms with Crippen LogP contribution in [0.15, 0.2) is 18.2 Å². The van der Waals surface area contributed by atoms with Crippen molar-refractivity contribution in [3.05, 3.63) is 46.3 Å². The molecule has 0 saturated carbocycles. The van der Waals surface area contributed by atoms with Crippen molar-refractivity contribution < 1.29 is 9.90 Å². The van der Waals surface area contributed by atoms with E-state index in [1.54, 1.807) is 4.68 Å². The minimum atomic E-state index is -0.145. The topological polar surface area (TPSA) is 67.2 Å². The highest BCUT2D eigenvalue weighted by atomic mass is 16.3. The molecule has 0 aliphatic heterocycles. The minimum absolute atomic E-state index is 0.00357. The Morgan fingerprint density at radius 2 is 2.12 bits per heavy atom. The number of anilines is 1. The molecule has 1 aromatic carbocycles. The number of carbonyl (C=O) groups is 1. The average molecular weight is 327 g/mol. The summed E-state index contributed by atoms with van der Waals surface area (Å²) in [6.07, 6.45) is 0.886. The van der Waals surface area contributed by atoms with E-state index in [0.717, 1.165) is 29.1 Å². The molecular formula is C19H25N3O2. The highest BCUT2D eigenvalue weighted by Gasteiger charge is 2.38. The molecule has 3 rings (SSSR count). The molecule has 2 N–H and O–H groups in total. The number of aliphatic hydroxyl groups excluding tert-OH is 1. The predicted molar refractivity (Wildman–Crippen MR) is 94.5 cm³/mol. The van der Waals surface area contributed by atoms with Gasteiger partial charge in [0.05, 0.1) is 17.9 Å². The van der Waals surface area contributed by atoms with Gasteiger partial charge in [-0.1, -0.05) is 26.0 Å². The second-order valence-electron chi connectivity index (χ2n) is 7.36. The molecule has 0 radical (unpaired) electrons. The van der Waals surface area contributed by atoms with Crippen LogP contribution >= 0.6 is 0 Å². The highest BCUT2D eigenvalue weighted by Crippen LogP contribution is 2.48. The number of hydrogen-bond acceptors (Lipinski definition) is 3. The molecule has 1 heterocycles. The summed E-state index contributed by atoms with van der Waals surface area (Å²) in [6, 6.07) is 5.99. The summed E-state index contributed by atoms with van der Waals surface area (Å²) in [4.78, 5) is 12.8. The number of rotatable bonds is 3. The Morgan fingerprint density at radius 1 is 1.42 bits per heavy atom. The lowest BCUT2D eigenvalue weighted by molar-refractivity contribution is 0.102. The van der Waals surface area contributed by atoms with Gasteiger partial charge in [-0.3, -0.25) is 9.48 Å². The number of fused-ring (bicyclic) bond motifs is 1. The van der Waals surface area contributed by atoms with Gasteiger partial charge < -0.3 is 10.4 Å². The second kappa shape index (κ2) is 5.74. The van der Waals surface area contributed by atoms with E-state index in [1.165, 1.54) is 5.56 Å². The van der Waals surface area contributed by atoms with Gasteiger partial charge >= 0.3 is 0 Å². The number of aromatic nitrogens is 2. The number of benzene rings is 1. The molecule has 0 fully saturated rings. The number of aryl methyl sites for hydroxylation is 2. The van der Waals surface area contributed by atoms with Crippen LogP contribution < -0.4 is 5.32 Å². The SMILES string of the molecule is Cc1nn(C)c(C)c1C(=O)Nc1cccc2c1C(CO)CC2(C)C. The van der Waals surface area contributed by atoms with Crippen molar-refractivity contribution in [2.24, 2.45) is 7.05 Å². The van der Waals surface area contributed by atoms with E-state index in [2.05, 4.69) is 30.3 Å². The van der Waals surface area contributed by atoms with Gasteiger partial charge in [0.15, 0.2) is 0 Å². The molecule has 5 heteroatoms. The fourth-order valence-corrected chi connectivity index (χ4v) is 3.98. The van der Waals surface area contributed by atoms with Crippen LogP contribution in [-0.2, 0) is 12.5 Å². The number of hydrogen-bond donors (Lipinski definition) is 2. The average Bonchev–Trinajstić information content (AvgIpc) is 2.93. The zero-order chi connectivity index (χ0) is 17.6. The molecule has 1 aliphatic rings. The van der Waals surface area contributed by atoms with Crippen LogP contribution in [0.3, 0.4) is 0 Å². The van der Waals surface area contributed by atoms with Crippen LogP contribution in [0.25, 0.3) is 0 Å². The van der Waals surface area contributed by atoms with Gasteiger partial charge in [0.25, 0.3) is 5.91 Å². The van der Waals surface area contributed by atoms with E-state index in [9.17, 15) is 9.90 Å². The summed E-state index contributed by atoms with van der Waals surface area (Å²) in [6.45, 7) is 8.19. The van der Waals surface area contributed by atoms with E-state index in [1.807, 2.05) is 33.0 Å². The van der Waals surface area contributed by atoms with E-state index < -0.39 is 0 Å². The van der Waals surface area contributed by atoms with Gasteiger partial charge in [0, 0.05) is 24.3 Å². The molecular weight excluding hydrogens is 302 g/mol. The molecule has 0 bridgehead atoms. The summed E-state index contributed by atoms with van der Waals surface area (Å²) in [7, 11) is 1.84. The van der Waals surface area contributed by atoms with Gasteiger partial charge in [-0.15, -0.1) is 0 Å². The van der Waals surface area contributed by atoms with Crippen molar-refractivity contribution in [3.8, 4) is 0 Å². The molecule has 2 aromatic rings. The summed E-state index contributed by atoms with van der Waals surface area (Å²) in [5.74, 6) is -0.0875. The number of amides is 1. The molecule has 1 unspecified atom stereocenters. The van der Waals surface area contributed by atoms with Crippen molar-refractivity contribution in [1.29, 1.82) is 0 Å². The van der Waals surface area contributed by atoms with E-state index in [0.29, 0.717) is 5.56 Å². The summed E-state index contributed by atoms with van der Waals surface area (Å²) >= 11 is 0. The van der Waals surface area contributed by atoms with Crippen molar-refractivity contribution >= 4 is 11.6 Å². The van der Waals surface area contributed by atoms with Crippen molar-refractivity contribution in [2.45, 2.75) is 45.4 Å². The van der Waals surface area contributed by atoms with Crippen LogP contribution in [0, 0.1) is 13.8 Å². The van der Waals surface area contributed by atoms with Crippen LogP contribution in [0.5, 0.6) is 0 Å². The van der Waals surface area contributed by atoms with Gasteiger partial charge in [0.1, 0.15) is 0 Å². The Labute approximate surface area is 142 Å². The third-order valence-corrected chi connectivity index (χ3v) is 5.20. The van der Waals surface area contributed by atoms with Gasteiger partial charge in [0.2, 0.25) is 0 Å². The summed E-state index contributed by atoms with van der Waals surface area (Å²) < 4.78 is 1.72. The Balaban J connectivity index is 2.00. The Hall–Kier alpha value is -2.14. The first-order valence-corrected chi connectivity index (χ1v) is 8.32. The number of aliphatic hydroxyl groups is 1. The molecule has 0 saturated heterocycles. The van der Waals surface area contributed by atoms with Crippen molar-refractivity contribution in [3.63, 3.8) is 0 Å². The van der Waals surface area contributed by atoms with E-state index >= 15 is 0 Å². The van der Waals surface area contributed by atoms with Crippen molar-refractivity contribution in [2.75, 3.05) is 11.9 Å². The van der Waals surface area contributed by atoms with Gasteiger partial charge in [-0.2, -0.15) is 5.10 Å². The molecule has 1 atom stereocenters. The first-order chi connectivity index (χ1) is 11.3. The largest absolute Gasteiger partial charge is 0.396 e. The number of nitrogens with zero attached hydrogens (tertiary/aromatic N) is 2. The first kappa shape index (κ1) is 16.7. The molecule has 128 valence electrons. The van der Waals surface area contributed by atoms with Crippen LogP contribution in [-0.4, -0.2) is 27.4 Å². The van der Waals surface area contributed by atoms with Crippen LogP contribution in [0.2, 0.25) is 0 Å². The van der Waals surface area contributed by atoms with Crippen molar-refractivity contribution in [1.82, 2.24) is 9.78 Å². The van der Waals surface area contributed by atoms with E-state index in [4.69, 9.17) is 0 Å². The fourth-order valence-electron chi connectivity index (χ4n) is 3.98. The Kier molecular flexibility index (Phi) is 4.00. The van der Waals surface area contributed by atoms with Crippen LogP contribution in [0.1, 0.15) is 59.1 Å². The molecule has 5 nitrogen and oxygen atoms in total. The van der Waals surface area contributed by atoms with Crippen LogP contribution in [0.4, 0.5) is 5.69 Å². The van der Waals surface area contributed by atoms with Gasteiger partial charge in [-0.05, 0) is 42.9 Å². The standard InChI is InChI=1S/C19H25N3O2/c1-11-16(12(2)22(5)21-11)18(24)20-15-8-6-7-14-17(15)13(10-23)9-19(14,3)4/h6-8,13,23H,9-10H2,1-5H3,(H,20,24). The lowest BCUT2D eigenvalue weighted by Gasteiger charge is -2.19. The Morgan fingerprint density at radius 3 is 2.71 bits per heavy atom. The maximum atomic E-state index is 12.8. The maximum Gasteiger partial charge on any atom is 0.259 e. The number of carbonyl (C=O) groups excluding carboxylic acids is 1. The normalized spacial score (nSPS) is 18.5. The lowest BCUT2D eigenvalue weighted by Crippen LogP contribution is -2.16. The minimum Gasteiger partial charge on any atom is -0.396 e. The zero-order valence-corrected chi connectivity index (χ0v) is 15.0.